The van der Waals surface area contributed by atoms with E-state index in [2.05, 4.69) is 20.6 Å². The minimum atomic E-state index is -0.0252. The highest BCUT2D eigenvalue weighted by Gasteiger charge is 2.07. The molecule has 0 saturated heterocycles. The molecule has 0 spiro atoms. The second kappa shape index (κ2) is 11.6. The van der Waals surface area contributed by atoms with E-state index in [1.165, 1.54) is 0 Å². The fourth-order valence-corrected chi connectivity index (χ4v) is 2.28. The molecule has 1 aromatic carbocycles. The van der Waals surface area contributed by atoms with Crippen LogP contribution < -0.4 is 20.1 Å². The van der Waals surface area contributed by atoms with Gasteiger partial charge in [-0.15, -0.1) is 24.0 Å². The number of hydrogen-bond donors (Lipinski definition) is 2. The number of nitrogens with zero attached hydrogens (tertiary/aromatic N) is 2. The first-order chi connectivity index (χ1) is 12.1. The van der Waals surface area contributed by atoms with Gasteiger partial charge in [-0.2, -0.15) is 0 Å². The van der Waals surface area contributed by atoms with Crippen molar-refractivity contribution >= 4 is 29.9 Å². The van der Waals surface area contributed by atoms with E-state index < -0.39 is 0 Å². The summed E-state index contributed by atoms with van der Waals surface area (Å²) in [5.41, 5.74) is 1.98. The summed E-state index contributed by atoms with van der Waals surface area (Å²) in [6.07, 6.45) is -0.0252. The van der Waals surface area contributed by atoms with Crippen LogP contribution in [0.5, 0.6) is 11.5 Å². The van der Waals surface area contributed by atoms with Crippen LogP contribution in [0.3, 0.4) is 0 Å². The van der Waals surface area contributed by atoms with Crippen LogP contribution in [-0.4, -0.2) is 37.7 Å². The molecule has 1 aromatic heterocycles. The lowest BCUT2D eigenvalue weighted by Crippen LogP contribution is -2.41. The Morgan fingerprint density at radius 1 is 1.15 bits per heavy atom. The number of benzene rings is 1. The third kappa shape index (κ3) is 7.47. The van der Waals surface area contributed by atoms with E-state index in [-0.39, 0.29) is 30.1 Å². The molecule has 26 heavy (non-hydrogen) atoms. The first-order valence-corrected chi connectivity index (χ1v) is 8.28. The van der Waals surface area contributed by atoms with Crippen molar-refractivity contribution in [2.24, 2.45) is 4.99 Å². The van der Waals surface area contributed by atoms with E-state index in [1.807, 2.05) is 56.3 Å². The lowest BCUT2D eigenvalue weighted by Gasteiger charge is -2.18. The average molecular weight is 470 g/mol. The van der Waals surface area contributed by atoms with Crippen molar-refractivity contribution in [3.05, 3.63) is 53.9 Å². The Labute approximate surface area is 172 Å². The zero-order valence-corrected chi connectivity index (χ0v) is 18.0. The van der Waals surface area contributed by atoms with Gasteiger partial charge in [-0.3, -0.25) is 9.98 Å². The summed E-state index contributed by atoms with van der Waals surface area (Å²) in [5.74, 6) is 2.27. The molecule has 1 unspecified atom stereocenters. The molecule has 0 saturated carbocycles. The van der Waals surface area contributed by atoms with Crippen molar-refractivity contribution in [2.45, 2.75) is 26.5 Å². The smallest absolute Gasteiger partial charge is 0.191 e. The molecule has 2 N–H and O–H groups in total. The molecule has 2 rings (SSSR count). The first kappa shape index (κ1) is 22.0. The van der Waals surface area contributed by atoms with Crippen LogP contribution in [-0.2, 0) is 6.54 Å². The van der Waals surface area contributed by atoms with Crippen molar-refractivity contribution in [1.29, 1.82) is 0 Å². The number of rotatable bonds is 7. The van der Waals surface area contributed by atoms with Crippen LogP contribution in [0.1, 0.15) is 18.3 Å². The second-order valence-electron chi connectivity index (χ2n) is 5.68. The van der Waals surface area contributed by atoms with Gasteiger partial charge in [0.05, 0.1) is 25.9 Å². The molecule has 7 heteroatoms. The zero-order valence-electron chi connectivity index (χ0n) is 15.7. The summed E-state index contributed by atoms with van der Waals surface area (Å²) in [7, 11) is 3.38. The number of methoxy groups -OCH3 is 1. The summed E-state index contributed by atoms with van der Waals surface area (Å²) in [6, 6.07) is 13.5. The van der Waals surface area contributed by atoms with Crippen LogP contribution in [0, 0.1) is 6.92 Å². The number of aryl methyl sites for hydroxylation is 1. The lowest BCUT2D eigenvalue weighted by molar-refractivity contribution is 0.223. The summed E-state index contributed by atoms with van der Waals surface area (Å²) >= 11 is 0. The van der Waals surface area contributed by atoms with E-state index in [0.29, 0.717) is 19.0 Å². The van der Waals surface area contributed by atoms with Crippen molar-refractivity contribution in [1.82, 2.24) is 15.6 Å². The maximum Gasteiger partial charge on any atom is 0.191 e. The van der Waals surface area contributed by atoms with Gasteiger partial charge in [0, 0.05) is 18.8 Å². The quantitative estimate of drug-likeness (QED) is 0.370. The van der Waals surface area contributed by atoms with Gasteiger partial charge in [-0.25, -0.2) is 0 Å². The van der Waals surface area contributed by atoms with Crippen LogP contribution in [0.25, 0.3) is 0 Å². The monoisotopic (exact) mass is 470 g/mol. The number of halogens is 1. The standard InChI is InChI=1S/C19H26N4O2.HI/c1-14-7-5-8-16(23-14)13-22-19(20-3)21-12-15(2)25-18-10-6-9-17(11-18)24-4;/h5-11,15H,12-13H2,1-4H3,(H2,20,21,22);1H. The summed E-state index contributed by atoms with van der Waals surface area (Å²) < 4.78 is 11.1. The molecular weight excluding hydrogens is 443 g/mol. The molecule has 0 aliphatic heterocycles. The fourth-order valence-electron chi connectivity index (χ4n) is 2.28. The number of hydrogen-bond acceptors (Lipinski definition) is 4. The molecule has 0 radical (unpaired) electrons. The van der Waals surface area contributed by atoms with E-state index in [1.54, 1.807) is 14.2 Å². The molecule has 1 atom stereocenters. The van der Waals surface area contributed by atoms with Crippen LogP contribution in [0.4, 0.5) is 0 Å². The molecule has 6 nitrogen and oxygen atoms in total. The van der Waals surface area contributed by atoms with Gasteiger partial charge < -0.3 is 20.1 Å². The van der Waals surface area contributed by atoms with Gasteiger partial charge in [0.15, 0.2) is 5.96 Å². The minimum absolute atomic E-state index is 0. The van der Waals surface area contributed by atoms with Gasteiger partial charge in [0.1, 0.15) is 17.6 Å². The fraction of sp³-hybridized carbons (Fsp3) is 0.368. The van der Waals surface area contributed by atoms with E-state index in [4.69, 9.17) is 9.47 Å². The maximum absolute atomic E-state index is 5.89. The molecule has 0 aliphatic carbocycles. The predicted molar refractivity (Wildman–Crippen MR) is 116 cm³/mol. The number of aromatic nitrogens is 1. The molecule has 0 amide bonds. The van der Waals surface area contributed by atoms with E-state index in [9.17, 15) is 0 Å². The summed E-state index contributed by atoms with van der Waals surface area (Å²) in [6.45, 7) is 5.22. The predicted octanol–water partition coefficient (Wildman–Crippen LogP) is 3.15. The van der Waals surface area contributed by atoms with Gasteiger partial charge >= 0.3 is 0 Å². The number of nitrogens with one attached hydrogen (secondary N) is 2. The van der Waals surface area contributed by atoms with Crippen LogP contribution in [0.15, 0.2) is 47.5 Å². The Balaban J connectivity index is 0.00000338. The summed E-state index contributed by atoms with van der Waals surface area (Å²) in [4.78, 5) is 8.69. The van der Waals surface area contributed by atoms with Crippen LogP contribution >= 0.6 is 24.0 Å². The number of guanidine groups is 1. The lowest BCUT2D eigenvalue weighted by atomic mass is 10.3. The van der Waals surface area contributed by atoms with Gasteiger partial charge in [-0.1, -0.05) is 12.1 Å². The molecule has 1 heterocycles. The van der Waals surface area contributed by atoms with E-state index in [0.717, 1.165) is 22.9 Å². The van der Waals surface area contributed by atoms with Gasteiger partial charge in [0.2, 0.25) is 0 Å². The molecule has 142 valence electrons. The molecule has 2 aromatic rings. The topological polar surface area (TPSA) is 67.8 Å². The summed E-state index contributed by atoms with van der Waals surface area (Å²) in [5, 5.41) is 6.51. The SMILES string of the molecule is CN=C(NCc1cccc(C)n1)NCC(C)Oc1cccc(OC)c1.I. The maximum atomic E-state index is 5.89. The Morgan fingerprint density at radius 2 is 1.88 bits per heavy atom. The number of aliphatic imine (C=N–C) groups is 1. The Morgan fingerprint density at radius 3 is 2.58 bits per heavy atom. The van der Waals surface area contributed by atoms with Gasteiger partial charge in [-0.05, 0) is 38.1 Å². The van der Waals surface area contributed by atoms with E-state index >= 15 is 0 Å². The van der Waals surface area contributed by atoms with Crippen LogP contribution in [0.2, 0.25) is 0 Å². The van der Waals surface area contributed by atoms with Crippen molar-refractivity contribution in [3.63, 3.8) is 0 Å². The highest BCUT2D eigenvalue weighted by molar-refractivity contribution is 14.0. The molecular formula is C19H27IN4O2. The number of pyridine rings is 1. The third-order valence-corrected chi connectivity index (χ3v) is 3.54. The highest BCUT2D eigenvalue weighted by Crippen LogP contribution is 2.19. The van der Waals surface area contributed by atoms with Crippen molar-refractivity contribution < 1.29 is 9.47 Å². The molecule has 0 fully saturated rings. The minimum Gasteiger partial charge on any atom is -0.497 e. The number of ether oxygens (including phenoxy) is 2. The Bertz CT molecular complexity index is 709. The average Bonchev–Trinajstić information content (AvgIpc) is 2.62. The largest absolute Gasteiger partial charge is 0.497 e. The highest BCUT2D eigenvalue weighted by atomic mass is 127. The Hall–Kier alpha value is -2.03. The third-order valence-electron chi connectivity index (χ3n) is 3.54. The van der Waals surface area contributed by atoms with Crippen molar-refractivity contribution in [3.8, 4) is 11.5 Å². The molecule has 0 aliphatic rings. The van der Waals surface area contributed by atoms with Crippen molar-refractivity contribution in [2.75, 3.05) is 20.7 Å². The molecule has 0 bridgehead atoms. The Kier molecular flexibility index (Phi) is 9.79. The normalized spacial score (nSPS) is 11.9. The van der Waals surface area contributed by atoms with Gasteiger partial charge in [0.25, 0.3) is 0 Å². The second-order valence-corrected chi connectivity index (χ2v) is 5.68. The zero-order chi connectivity index (χ0) is 18.1. The first-order valence-electron chi connectivity index (χ1n) is 8.28.